The van der Waals surface area contributed by atoms with Gasteiger partial charge in [0.1, 0.15) is 6.17 Å². The molecule has 0 aromatic heterocycles. The lowest BCUT2D eigenvalue weighted by molar-refractivity contribution is -0.132. The highest BCUT2D eigenvalue weighted by molar-refractivity contribution is 5.82. The standard InChI is InChI=1S/C10H17FN2O/c1-13(6-7-2-3-7)10(14)9-4-8(11)5-12-9/h7-9,12H,2-6H2,1H3/t8-,9+/m0/s1. The van der Waals surface area contributed by atoms with Crippen LogP contribution in [0.3, 0.4) is 0 Å². The van der Waals surface area contributed by atoms with Crippen LogP contribution in [0.4, 0.5) is 4.39 Å². The number of amides is 1. The zero-order chi connectivity index (χ0) is 10.1. The van der Waals surface area contributed by atoms with Crippen molar-refractivity contribution in [3.63, 3.8) is 0 Å². The summed E-state index contributed by atoms with van der Waals surface area (Å²) in [5, 5.41) is 2.91. The molecule has 80 valence electrons. The Morgan fingerprint density at radius 1 is 1.57 bits per heavy atom. The summed E-state index contributed by atoms with van der Waals surface area (Å²) in [4.78, 5) is 13.5. The molecule has 2 atom stereocenters. The fraction of sp³-hybridized carbons (Fsp3) is 0.900. The summed E-state index contributed by atoms with van der Waals surface area (Å²) in [6.45, 7) is 1.17. The van der Waals surface area contributed by atoms with Gasteiger partial charge in [-0.2, -0.15) is 0 Å². The Bertz CT molecular complexity index is 230. The van der Waals surface area contributed by atoms with E-state index in [0.717, 1.165) is 6.54 Å². The van der Waals surface area contributed by atoms with Crippen LogP contribution in [0.5, 0.6) is 0 Å². The Labute approximate surface area is 83.6 Å². The van der Waals surface area contributed by atoms with E-state index in [2.05, 4.69) is 5.32 Å². The first-order valence-corrected chi connectivity index (χ1v) is 5.29. The lowest BCUT2D eigenvalue weighted by Crippen LogP contribution is -2.42. The molecule has 2 fully saturated rings. The summed E-state index contributed by atoms with van der Waals surface area (Å²) < 4.78 is 12.8. The third kappa shape index (κ3) is 2.23. The van der Waals surface area contributed by atoms with E-state index >= 15 is 0 Å². The van der Waals surface area contributed by atoms with E-state index in [-0.39, 0.29) is 11.9 Å². The second kappa shape index (κ2) is 3.85. The summed E-state index contributed by atoms with van der Waals surface area (Å²) in [5.74, 6) is 0.753. The number of hydrogen-bond acceptors (Lipinski definition) is 2. The molecular weight excluding hydrogens is 183 g/mol. The van der Waals surface area contributed by atoms with Crippen LogP contribution in [0.25, 0.3) is 0 Å². The molecule has 4 heteroatoms. The zero-order valence-corrected chi connectivity index (χ0v) is 8.50. The number of rotatable bonds is 3. The average molecular weight is 200 g/mol. The van der Waals surface area contributed by atoms with E-state index in [4.69, 9.17) is 0 Å². The molecule has 2 aliphatic rings. The first kappa shape index (κ1) is 9.90. The maximum absolute atomic E-state index is 12.8. The molecule has 0 radical (unpaired) electrons. The van der Waals surface area contributed by atoms with Crippen LogP contribution in [0.1, 0.15) is 19.3 Å². The minimum atomic E-state index is -0.849. The number of halogens is 1. The predicted octanol–water partition coefficient (Wildman–Crippen LogP) is 0.555. The Balaban J connectivity index is 1.80. The lowest BCUT2D eigenvalue weighted by atomic mass is 10.2. The van der Waals surface area contributed by atoms with Gasteiger partial charge in [0, 0.05) is 26.6 Å². The number of carbonyl (C=O) groups excluding carboxylic acids is 1. The maximum atomic E-state index is 12.8. The number of nitrogens with one attached hydrogen (secondary N) is 1. The smallest absolute Gasteiger partial charge is 0.239 e. The van der Waals surface area contributed by atoms with Crippen LogP contribution >= 0.6 is 0 Å². The third-order valence-electron chi connectivity index (χ3n) is 2.98. The van der Waals surface area contributed by atoms with Crippen LogP contribution in [0.2, 0.25) is 0 Å². The SMILES string of the molecule is CN(CC1CC1)C(=O)[C@H]1C[C@H](F)CN1. The first-order chi connectivity index (χ1) is 6.66. The van der Waals surface area contributed by atoms with Crippen molar-refractivity contribution in [3.05, 3.63) is 0 Å². The summed E-state index contributed by atoms with van der Waals surface area (Å²) in [6, 6.07) is -0.284. The van der Waals surface area contributed by atoms with Gasteiger partial charge >= 0.3 is 0 Å². The van der Waals surface area contributed by atoms with Crippen molar-refractivity contribution >= 4 is 5.91 Å². The first-order valence-electron chi connectivity index (χ1n) is 5.29. The average Bonchev–Trinajstić information content (AvgIpc) is 2.85. The van der Waals surface area contributed by atoms with Crippen LogP contribution in [0.15, 0.2) is 0 Å². The second-order valence-corrected chi connectivity index (χ2v) is 4.46. The molecule has 0 unspecified atom stereocenters. The monoisotopic (exact) mass is 200 g/mol. The largest absolute Gasteiger partial charge is 0.344 e. The molecule has 2 rings (SSSR count). The number of likely N-dealkylation sites (N-methyl/N-ethyl adjacent to an activating group) is 1. The number of nitrogens with zero attached hydrogens (tertiary/aromatic N) is 1. The van der Waals surface area contributed by atoms with E-state index in [0.29, 0.717) is 18.9 Å². The number of carbonyl (C=O) groups is 1. The molecule has 0 aromatic carbocycles. The van der Waals surface area contributed by atoms with Gasteiger partial charge < -0.3 is 10.2 Å². The van der Waals surface area contributed by atoms with Crippen molar-refractivity contribution in [3.8, 4) is 0 Å². The van der Waals surface area contributed by atoms with E-state index in [1.807, 2.05) is 7.05 Å². The van der Waals surface area contributed by atoms with Crippen molar-refractivity contribution in [2.75, 3.05) is 20.1 Å². The molecule has 1 amide bonds. The summed E-state index contributed by atoms with van der Waals surface area (Å²) in [7, 11) is 1.81. The lowest BCUT2D eigenvalue weighted by Gasteiger charge is -2.20. The molecule has 0 bridgehead atoms. The van der Waals surface area contributed by atoms with Gasteiger partial charge in [-0.25, -0.2) is 4.39 Å². The van der Waals surface area contributed by atoms with Crippen molar-refractivity contribution in [1.29, 1.82) is 0 Å². The molecule has 14 heavy (non-hydrogen) atoms. The second-order valence-electron chi connectivity index (χ2n) is 4.46. The minimum absolute atomic E-state index is 0.0528. The van der Waals surface area contributed by atoms with E-state index in [1.54, 1.807) is 4.90 Å². The number of hydrogen-bond donors (Lipinski definition) is 1. The van der Waals surface area contributed by atoms with Gasteiger partial charge in [0.25, 0.3) is 0 Å². The normalized spacial score (nSPS) is 31.9. The fourth-order valence-corrected chi connectivity index (χ4v) is 1.92. The highest BCUT2D eigenvalue weighted by Crippen LogP contribution is 2.29. The minimum Gasteiger partial charge on any atom is -0.344 e. The molecule has 1 aliphatic heterocycles. The Kier molecular flexibility index (Phi) is 2.72. The summed E-state index contributed by atoms with van der Waals surface area (Å²) in [6.07, 6.45) is 1.97. The molecule has 3 nitrogen and oxygen atoms in total. The topological polar surface area (TPSA) is 32.3 Å². The summed E-state index contributed by atoms with van der Waals surface area (Å²) >= 11 is 0. The van der Waals surface area contributed by atoms with Gasteiger partial charge in [-0.3, -0.25) is 4.79 Å². The molecule has 1 saturated heterocycles. The molecule has 0 spiro atoms. The van der Waals surface area contributed by atoms with Gasteiger partial charge in [0.15, 0.2) is 0 Å². The van der Waals surface area contributed by atoms with Crippen molar-refractivity contribution in [1.82, 2.24) is 10.2 Å². The fourth-order valence-electron chi connectivity index (χ4n) is 1.92. The molecule has 1 aliphatic carbocycles. The van der Waals surface area contributed by atoms with E-state index in [9.17, 15) is 9.18 Å². The van der Waals surface area contributed by atoms with Crippen molar-refractivity contribution in [2.24, 2.45) is 5.92 Å². The summed E-state index contributed by atoms with van der Waals surface area (Å²) in [5.41, 5.74) is 0. The Hall–Kier alpha value is -0.640. The number of alkyl halides is 1. The quantitative estimate of drug-likeness (QED) is 0.721. The van der Waals surface area contributed by atoms with Gasteiger partial charge in [0.2, 0.25) is 5.91 Å². The molecule has 1 N–H and O–H groups in total. The highest BCUT2D eigenvalue weighted by atomic mass is 19.1. The Morgan fingerprint density at radius 2 is 2.29 bits per heavy atom. The van der Waals surface area contributed by atoms with E-state index < -0.39 is 6.17 Å². The maximum Gasteiger partial charge on any atom is 0.239 e. The van der Waals surface area contributed by atoms with Crippen molar-refractivity contribution in [2.45, 2.75) is 31.5 Å². The molecular formula is C10H17FN2O. The Morgan fingerprint density at radius 3 is 2.79 bits per heavy atom. The van der Waals surface area contributed by atoms with Gasteiger partial charge in [-0.05, 0) is 18.8 Å². The van der Waals surface area contributed by atoms with Crippen LogP contribution in [0, 0.1) is 5.92 Å². The molecule has 1 saturated carbocycles. The molecule has 0 aromatic rings. The van der Waals surface area contributed by atoms with Crippen molar-refractivity contribution < 1.29 is 9.18 Å². The van der Waals surface area contributed by atoms with Gasteiger partial charge in [-0.15, -0.1) is 0 Å². The van der Waals surface area contributed by atoms with Crippen LogP contribution in [-0.2, 0) is 4.79 Å². The van der Waals surface area contributed by atoms with E-state index in [1.165, 1.54) is 12.8 Å². The predicted molar refractivity (Wildman–Crippen MR) is 51.7 cm³/mol. The highest BCUT2D eigenvalue weighted by Gasteiger charge is 2.33. The molecule has 1 heterocycles. The third-order valence-corrected chi connectivity index (χ3v) is 2.98. The zero-order valence-electron chi connectivity index (χ0n) is 8.50. The van der Waals surface area contributed by atoms with Crippen LogP contribution < -0.4 is 5.32 Å². The van der Waals surface area contributed by atoms with Crippen LogP contribution in [-0.4, -0.2) is 43.2 Å². The van der Waals surface area contributed by atoms with Gasteiger partial charge in [0.05, 0.1) is 6.04 Å². The van der Waals surface area contributed by atoms with Gasteiger partial charge in [-0.1, -0.05) is 0 Å².